The molecule has 1 aliphatic heterocycles. The quantitative estimate of drug-likeness (QED) is 0.670. The van der Waals surface area contributed by atoms with Crippen molar-refractivity contribution in [2.45, 2.75) is 19.5 Å². The van der Waals surface area contributed by atoms with Crippen LogP contribution >= 0.6 is 11.6 Å². The van der Waals surface area contributed by atoms with Crippen molar-refractivity contribution < 1.29 is 18.4 Å². The average Bonchev–Trinajstić information content (AvgIpc) is 3.09. The summed E-state index contributed by atoms with van der Waals surface area (Å²) in [6.07, 6.45) is 0.422. The van der Waals surface area contributed by atoms with Gasteiger partial charge in [0.15, 0.2) is 5.69 Å². The minimum Gasteiger partial charge on any atom is -0.347 e. The summed E-state index contributed by atoms with van der Waals surface area (Å²) < 4.78 is 29.8. The van der Waals surface area contributed by atoms with Gasteiger partial charge in [0.2, 0.25) is 0 Å². The molecule has 0 bridgehead atoms. The third-order valence-electron chi connectivity index (χ3n) is 5.29. The van der Waals surface area contributed by atoms with Crippen LogP contribution in [-0.4, -0.2) is 33.0 Å². The summed E-state index contributed by atoms with van der Waals surface area (Å²) in [5, 5.41) is 7.73. The van der Waals surface area contributed by atoms with Crippen LogP contribution in [0.2, 0.25) is 5.02 Å². The number of carbonyl (C=O) groups is 2. The standard InChI is InChI=1S/C22H19ClF2N4O2/c1-28-18-9-10-29(22(31)19-16(24)3-2-4-17(19)25)12-15(18)20(27-28)21(30)26-11-13-5-7-14(23)8-6-13/h2-8H,9-12H2,1H3,(H,26,30). The van der Waals surface area contributed by atoms with Crippen LogP contribution in [0.15, 0.2) is 42.5 Å². The lowest BCUT2D eigenvalue weighted by Crippen LogP contribution is -2.38. The van der Waals surface area contributed by atoms with Gasteiger partial charge in [-0.15, -0.1) is 0 Å². The number of nitrogens with zero attached hydrogens (tertiary/aromatic N) is 3. The number of aryl methyl sites for hydroxylation is 1. The number of fused-ring (bicyclic) bond motifs is 1. The van der Waals surface area contributed by atoms with E-state index in [0.717, 1.165) is 23.4 Å². The molecule has 3 aromatic rings. The van der Waals surface area contributed by atoms with E-state index in [-0.39, 0.29) is 25.3 Å². The number of amides is 2. The number of hydrogen-bond donors (Lipinski definition) is 1. The van der Waals surface area contributed by atoms with E-state index in [4.69, 9.17) is 11.6 Å². The molecule has 6 nitrogen and oxygen atoms in total. The highest BCUT2D eigenvalue weighted by molar-refractivity contribution is 6.30. The summed E-state index contributed by atoms with van der Waals surface area (Å²) >= 11 is 5.88. The molecule has 9 heteroatoms. The first-order chi connectivity index (χ1) is 14.8. The average molecular weight is 445 g/mol. The molecule has 1 N–H and O–H groups in total. The number of hydrogen-bond acceptors (Lipinski definition) is 3. The van der Waals surface area contributed by atoms with E-state index in [9.17, 15) is 18.4 Å². The second kappa shape index (κ2) is 8.47. The molecule has 1 aromatic heterocycles. The Bertz CT molecular complexity index is 1140. The zero-order valence-electron chi connectivity index (χ0n) is 16.7. The Labute approximate surface area is 182 Å². The summed E-state index contributed by atoms with van der Waals surface area (Å²) in [5.74, 6) is -2.97. The van der Waals surface area contributed by atoms with Crippen molar-refractivity contribution in [3.8, 4) is 0 Å². The highest BCUT2D eigenvalue weighted by atomic mass is 35.5. The van der Waals surface area contributed by atoms with E-state index in [0.29, 0.717) is 17.0 Å². The maximum Gasteiger partial charge on any atom is 0.272 e. The maximum atomic E-state index is 14.1. The Balaban J connectivity index is 1.54. The first-order valence-electron chi connectivity index (χ1n) is 9.66. The second-order valence-corrected chi connectivity index (χ2v) is 7.72. The van der Waals surface area contributed by atoms with E-state index in [1.165, 1.54) is 11.0 Å². The Kier molecular flexibility index (Phi) is 5.73. The van der Waals surface area contributed by atoms with E-state index in [1.807, 2.05) is 0 Å². The molecule has 2 aromatic carbocycles. The van der Waals surface area contributed by atoms with Gasteiger partial charge < -0.3 is 10.2 Å². The van der Waals surface area contributed by atoms with Crippen LogP contribution in [0.4, 0.5) is 8.78 Å². The smallest absolute Gasteiger partial charge is 0.272 e. The predicted molar refractivity (Wildman–Crippen MR) is 111 cm³/mol. The molecule has 2 amide bonds. The summed E-state index contributed by atoms with van der Waals surface area (Å²) in [4.78, 5) is 26.9. The van der Waals surface area contributed by atoms with Gasteiger partial charge in [0.1, 0.15) is 17.2 Å². The molecule has 2 heterocycles. The van der Waals surface area contributed by atoms with Gasteiger partial charge in [-0.25, -0.2) is 8.78 Å². The van der Waals surface area contributed by atoms with E-state index in [1.54, 1.807) is 36.0 Å². The number of aromatic nitrogens is 2. The summed E-state index contributed by atoms with van der Waals surface area (Å²) in [6.45, 7) is 0.592. The molecule has 0 saturated heterocycles. The Hall–Kier alpha value is -3.26. The molecular weight excluding hydrogens is 426 g/mol. The largest absolute Gasteiger partial charge is 0.347 e. The molecule has 0 aliphatic carbocycles. The van der Waals surface area contributed by atoms with E-state index in [2.05, 4.69) is 10.4 Å². The zero-order valence-corrected chi connectivity index (χ0v) is 17.4. The Morgan fingerprint density at radius 3 is 2.48 bits per heavy atom. The number of benzene rings is 2. The second-order valence-electron chi connectivity index (χ2n) is 7.28. The SMILES string of the molecule is Cn1nc(C(=O)NCc2ccc(Cl)cc2)c2c1CCN(C(=O)c1c(F)cccc1F)C2. The van der Waals surface area contributed by atoms with Crippen molar-refractivity contribution in [2.24, 2.45) is 7.05 Å². The fourth-order valence-corrected chi connectivity index (χ4v) is 3.80. The van der Waals surface area contributed by atoms with Gasteiger partial charge in [0, 0.05) is 42.8 Å². The monoisotopic (exact) mass is 444 g/mol. The lowest BCUT2D eigenvalue weighted by Gasteiger charge is -2.28. The fraction of sp³-hybridized carbons (Fsp3) is 0.227. The topological polar surface area (TPSA) is 67.2 Å². The molecule has 0 spiro atoms. The predicted octanol–water partition coefficient (Wildman–Crippen LogP) is 3.48. The van der Waals surface area contributed by atoms with E-state index >= 15 is 0 Å². The first-order valence-corrected chi connectivity index (χ1v) is 10.0. The molecule has 4 rings (SSSR count). The summed E-state index contributed by atoms with van der Waals surface area (Å²) in [7, 11) is 1.73. The number of halogens is 3. The maximum absolute atomic E-state index is 14.1. The van der Waals surface area contributed by atoms with Gasteiger partial charge >= 0.3 is 0 Å². The molecule has 0 saturated carbocycles. The third-order valence-corrected chi connectivity index (χ3v) is 5.54. The summed E-state index contributed by atoms with van der Waals surface area (Å²) in [6, 6.07) is 10.4. The first kappa shape index (κ1) is 21.0. The molecule has 0 atom stereocenters. The van der Waals surface area contributed by atoms with Gasteiger partial charge in [0.05, 0.1) is 6.54 Å². The van der Waals surface area contributed by atoms with Crippen molar-refractivity contribution >= 4 is 23.4 Å². The molecule has 0 unspecified atom stereocenters. The molecule has 1 aliphatic rings. The summed E-state index contributed by atoms with van der Waals surface area (Å²) in [5.41, 5.74) is 1.86. The van der Waals surface area contributed by atoms with Crippen LogP contribution in [0.3, 0.4) is 0 Å². The van der Waals surface area contributed by atoms with Gasteiger partial charge in [-0.05, 0) is 29.8 Å². The Morgan fingerprint density at radius 2 is 1.81 bits per heavy atom. The van der Waals surface area contributed by atoms with Gasteiger partial charge in [-0.2, -0.15) is 5.10 Å². The van der Waals surface area contributed by atoms with Crippen LogP contribution in [0.5, 0.6) is 0 Å². The van der Waals surface area contributed by atoms with Crippen molar-refractivity contribution in [1.82, 2.24) is 20.0 Å². The van der Waals surface area contributed by atoms with Gasteiger partial charge in [0.25, 0.3) is 11.8 Å². The minimum atomic E-state index is -0.914. The van der Waals surface area contributed by atoms with Crippen LogP contribution in [0.25, 0.3) is 0 Å². The molecule has 31 heavy (non-hydrogen) atoms. The fourth-order valence-electron chi connectivity index (χ4n) is 3.68. The molecule has 0 radical (unpaired) electrons. The highest BCUT2D eigenvalue weighted by Crippen LogP contribution is 2.25. The van der Waals surface area contributed by atoms with Crippen molar-refractivity contribution in [3.05, 3.63) is 87.2 Å². The lowest BCUT2D eigenvalue weighted by molar-refractivity contribution is 0.0720. The third kappa shape index (κ3) is 4.16. The number of carbonyl (C=O) groups excluding carboxylic acids is 2. The van der Waals surface area contributed by atoms with E-state index < -0.39 is 29.0 Å². The van der Waals surface area contributed by atoms with Crippen molar-refractivity contribution in [2.75, 3.05) is 6.54 Å². The molecule has 160 valence electrons. The molecule has 0 fully saturated rings. The zero-order chi connectivity index (χ0) is 22.1. The van der Waals surface area contributed by atoms with Crippen molar-refractivity contribution in [1.29, 1.82) is 0 Å². The molecular formula is C22H19ClF2N4O2. The van der Waals surface area contributed by atoms with Crippen LogP contribution in [-0.2, 0) is 26.6 Å². The normalized spacial score (nSPS) is 13.1. The van der Waals surface area contributed by atoms with Gasteiger partial charge in [-0.3, -0.25) is 14.3 Å². The van der Waals surface area contributed by atoms with Crippen LogP contribution in [0, 0.1) is 11.6 Å². The van der Waals surface area contributed by atoms with Crippen LogP contribution < -0.4 is 5.32 Å². The Morgan fingerprint density at radius 1 is 1.13 bits per heavy atom. The number of rotatable bonds is 4. The van der Waals surface area contributed by atoms with Crippen LogP contribution in [0.1, 0.15) is 37.7 Å². The minimum absolute atomic E-state index is 0.0412. The number of nitrogens with one attached hydrogen (secondary N) is 1. The van der Waals surface area contributed by atoms with Gasteiger partial charge in [-0.1, -0.05) is 29.8 Å². The lowest BCUT2D eigenvalue weighted by atomic mass is 10.0. The van der Waals surface area contributed by atoms with Crippen molar-refractivity contribution in [3.63, 3.8) is 0 Å². The highest BCUT2D eigenvalue weighted by Gasteiger charge is 2.31.